The van der Waals surface area contributed by atoms with Crippen molar-refractivity contribution in [2.24, 2.45) is 0 Å². The third-order valence-corrected chi connectivity index (χ3v) is 4.14. The van der Waals surface area contributed by atoms with E-state index in [9.17, 15) is 0 Å². The number of hydrogen-bond acceptors (Lipinski definition) is 2. The molecule has 0 amide bonds. The van der Waals surface area contributed by atoms with Gasteiger partial charge in [0.15, 0.2) is 5.65 Å². The van der Waals surface area contributed by atoms with Gasteiger partial charge in [-0.05, 0) is 26.3 Å². The van der Waals surface area contributed by atoms with Crippen molar-refractivity contribution in [3.05, 3.63) is 47.4 Å². The van der Waals surface area contributed by atoms with Crippen LogP contribution in [0.15, 0.2) is 30.3 Å². The molecule has 5 heteroatoms. The van der Waals surface area contributed by atoms with Crippen LogP contribution in [0.25, 0.3) is 11.2 Å². The maximum Gasteiger partial charge on any atom is 0.159 e. The molecule has 1 atom stereocenters. The van der Waals surface area contributed by atoms with E-state index in [1.165, 1.54) is 5.56 Å². The van der Waals surface area contributed by atoms with Gasteiger partial charge >= 0.3 is 0 Å². The number of fused-ring (bicyclic) bond motifs is 1. The van der Waals surface area contributed by atoms with Crippen LogP contribution in [0.2, 0.25) is 0 Å². The monoisotopic (exact) mass is 302 g/mol. The molecule has 0 saturated carbocycles. The Bertz CT molecular complexity index is 758. The van der Waals surface area contributed by atoms with Crippen molar-refractivity contribution in [1.82, 2.24) is 19.3 Å². The summed E-state index contributed by atoms with van der Waals surface area (Å²) >= 11 is 6.13. The molecule has 0 saturated heterocycles. The molecule has 21 heavy (non-hydrogen) atoms. The SMILES string of the molecule is CCn1nc(C)c2nc(CCl)n(C(C)c3ccccc3)c21. The Hall–Kier alpha value is -1.81. The van der Waals surface area contributed by atoms with E-state index < -0.39 is 0 Å². The van der Waals surface area contributed by atoms with Crippen molar-refractivity contribution >= 4 is 22.8 Å². The van der Waals surface area contributed by atoms with Crippen LogP contribution < -0.4 is 0 Å². The highest BCUT2D eigenvalue weighted by Gasteiger charge is 2.21. The first-order valence-electron chi connectivity index (χ1n) is 7.22. The van der Waals surface area contributed by atoms with Gasteiger partial charge in [0.1, 0.15) is 11.3 Å². The van der Waals surface area contributed by atoms with E-state index >= 15 is 0 Å². The van der Waals surface area contributed by atoms with Gasteiger partial charge in [-0.3, -0.25) is 0 Å². The van der Waals surface area contributed by atoms with E-state index in [0.29, 0.717) is 5.88 Å². The quantitative estimate of drug-likeness (QED) is 0.685. The van der Waals surface area contributed by atoms with Crippen molar-refractivity contribution in [3.63, 3.8) is 0 Å². The third-order valence-electron chi connectivity index (χ3n) is 3.91. The molecule has 0 aliphatic rings. The molecule has 0 fully saturated rings. The van der Waals surface area contributed by atoms with Gasteiger partial charge in [0, 0.05) is 6.54 Å². The summed E-state index contributed by atoms with van der Waals surface area (Å²) in [6.45, 7) is 7.09. The number of benzene rings is 1. The number of nitrogens with zero attached hydrogens (tertiary/aromatic N) is 4. The Morgan fingerprint density at radius 3 is 2.57 bits per heavy atom. The first-order chi connectivity index (χ1) is 10.2. The highest BCUT2D eigenvalue weighted by molar-refractivity contribution is 6.16. The average Bonchev–Trinajstić information content (AvgIpc) is 3.05. The number of rotatable bonds is 4. The van der Waals surface area contributed by atoms with E-state index in [1.807, 2.05) is 17.7 Å². The predicted octanol–water partition coefficient (Wildman–Crippen LogP) is 3.91. The summed E-state index contributed by atoms with van der Waals surface area (Å²) in [5.74, 6) is 1.29. The topological polar surface area (TPSA) is 35.6 Å². The van der Waals surface area contributed by atoms with Crippen LogP contribution in [-0.4, -0.2) is 19.3 Å². The lowest BCUT2D eigenvalue weighted by molar-refractivity contribution is 0.587. The van der Waals surface area contributed by atoms with E-state index in [-0.39, 0.29) is 6.04 Å². The van der Waals surface area contributed by atoms with E-state index in [1.54, 1.807) is 0 Å². The van der Waals surface area contributed by atoms with Gasteiger partial charge < -0.3 is 4.57 Å². The zero-order chi connectivity index (χ0) is 15.0. The molecule has 0 spiro atoms. The van der Waals surface area contributed by atoms with Gasteiger partial charge in [-0.15, -0.1) is 11.6 Å². The first-order valence-corrected chi connectivity index (χ1v) is 7.76. The third kappa shape index (κ3) is 2.23. The van der Waals surface area contributed by atoms with Gasteiger partial charge in [0.05, 0.1) is 17.6 Å². The predicted molar refractivity (Wildman–Crippen MR) is 85.7 cm³/mol. The smallest absolute Gasteiger partial charge is 0.159 e. The highest BCUT2D eigenvalue weighted by atomic mass is 35.5. The van der Waals surface area contributed by atoms with Crippen LogP contribution >= 0.6 is 11.6 Å². The normalized spacial score (nSPS) is 13.0. The van der Waals surface area contributed by atoms with Gasteiger partial charge in [0.2, 0.25) is 0 Å². The number of hydrogen-bond donors (Lipinski definition) is 0. The summed E-state index contributed by atoms with van der Waals surface area (Å²) in [5, 5.41) is 4.57. The van der Waals surface area contributed by atoms with Gasteiger partial charge in [-0.25, -0.2) is 9.67 Å². The summed E-state index contributed by atoms with van der Waals surface area (Å²) in [7, 11) is 0. The molecule has 0 N–H and O–H groups in total. The molecule has 3 aromatic rings. The largest absolute Gasteiger partial charge is 0.305 e. The van der Waals surface area contributed by atoms with Crippen molar-refractivity contribution < 1.29 is 0 Å². The van der Waals surface area contributed by atoms with E-state index in [0.717, 1.165) is 29.2 Å². The van der Waals surface area contributed by atoms with Crippen LogP contribution in [-0.2, 0) is 12.4 Å². The number of aromatic nitrogens is 4. The van der Waals surface area contributed by atoms with E-state index in [2.05, 4.69) is 47.8 Å². The second kappa shape index (κ2) is 5.53. The molecule has 0 aliphatic carbocycles. The number of aryl methyl sites for hydroxylation is 2. The average molecular weight is 303 g/mol. The fourth-order valence-corrected chi connectivity index (χ4v) is 3.03. The van der Waals surface area contributed by atoms with E-state index in [4.69, 9.17) is 16.6 Å². The summed E-state index contributed by atoms with van der Waals surface area (Å²) in [4.78, 5) is 4.69. The van der Waals surface area contributed by atoms with Crippen molar-refractivity contribution in [1.29, 1.82) is 0 Å². The molecule has 4 nitrogen and oxygen atoms in total. The summed E-state index contributed by atoms with van der Waals surface area (Å²) in [5.41, 5.74) is 4.21. The second-order valence-corrected chi connectivity index (χ2v) is 5.46. The minimum atomic E-state index is 0.173. The van der Waals surface area contributed by atoms with Crippen LogP contribution in [0.5, 0.6) is 0 Å². The highest BCUT2D eigenvalue weighted by Crippen LogP contribution is 2.28. The van der Waals surface area contributed by atoms with Crippen LogP contribution in [0.1, 0.15) is 37.0 Å². The molecule has 2 heterocycles. The molecule has 1 aromatic carbocycles. The molecule has 110 valence electrons. The van der Waals surface area contributed by atoms with Crippen molar-refractivity contribution in [2.45, 2.75) is 39.2 Å². The van der Waals surface area contributed by atoms with Crippen molar-refractivity contribution in [2.75, 3.05) is 0 Å². The minimum Gasteiger partial charge on any atom is -0.305 e. The number of imidazole rings is 1. The zero-order valence-corrected chi connectivity index (χ0v) is 13.3. The van der Waals surface area contributed by atoms with Crippen LogP contribution in [0.3, 0.4) is 0 Å². The zero-order valence-electron chi connectivity index (χ0n) is 12.5. The summed E-state index contributed by atoms with van der Waals surface area (Å²) in [6.07, 6.45) is 0. The Morgan fingerprint density at radius 2 is 1.95 bits per heavy atom. The fourth-order valence-electron chi connectivity index (χ4n) is 2.84. The Labute approximate surface area is 129 Å². The maximum atomic E-state index is 6.13. The minimum absolute atomic E-state index is 0.173. The summed E-state index contributed by atoms with van der Waals surface area (Å²) in [6, 6.07) is 10.6. The maximum absolute atomic E-state index is 6.13. The molecule has 0 radical (unpaired) electrons. The van der Waals surface area contributed by atoms with Gasteiger partial charge in [-0.2, -0.15) is 5.10 Å². The molecule has 0 aliphatic heterocycles. The second-order valence-electron chi connectivity index (χ2n) is 5.19. The number of halogens is 1. The van der Waals surface area contributed by atoms with Crippen LogP contribution in [0.4, 0.5) is 0 Å². The molecule has 1 unspecified atom stereocenters. The van der Waals surface area contributed by atoms with Crippen LogP contribution in [0, 0.1) is 6.92 Å². The Morgan fingerprint density at radius 1 is 1.24 bits per heavy atom. The van der Waals surface area contributed by atoms with Gasteiger partial charge in [0.25, 0.3) is 0 Å². The molecule has 2 aromatic heterocycles. The molecular weight excluding hydrogens is 284 g/mol. The molecule has 3 rings (SSSR count). The molecule has 0 bridgehead atoms. The van der Waals surface area contributed by atoms with Crippen molar-refractivity contribution in [3.8, 4) is 0 Å². The molecular formula is C16H19ClN4. The lowest BCUT2D eigenvalue weighted by atomic mass is 10.1. The van der Waals surface area contributed by atoms with Gasteiger partial charge in [-0.1, -0.05) is 30.3 Å². The summed E-state index contributed by atoms with van der Waals surface area (Å²) < 4.78 is 4.22. The first kappa shape index (κ1) is 14.1. The Balaban J connectivity index is 2.25. The number of alkyl halides is 1. The lowest BCUT2D eigenvalue weighted by Gasteiger charge is -2.18. The Kier molecular flexibility index (Phi) is 3.72. The standard InChI is InChI=1S/C16H19ClN4/c1-4-20-16-15(11(2)19-20)18-14(10-17)21(16)12(3)13-8-6-5-7-9-13/h5-9,12H,4,10H2,1-3H3. The lowest BCUT2D eigenvalue weighted by Crippen LogP contribution is -2.13. The fraction of sp³-hybridized carbons (Fsp3) is 0.375.